The first-order valence-electron chi connectivity index (χ1n) is 10.5. The predicted octanol–water partition coefficient (Wildman–Crippen LogP) is 1.25. The van der Waals surface area contributed by atoms with Crippen molar-refractivity contribution in [3.8, 4) is 5.69 Å². The Morgan fingerprint density at radius 1 is 0.971 bits per heavy atom. The van der Waals surface area contributed by atoms with Crippen molar-refractivity contribution in [3.05, 3.63) is 85.9 Å². The van der Waals surface area contributed by atoms with Gasteiger partial charge in [0.2, 0.25) is 5.91 Å². The molecule has 9 nitrogen and oxygen atoms in total. The minimum absolute atomic E-state index is 0.0180. The lowest BCUT2D eigenvalue weighted by Gasteiger charge is -2.21. The molecule has 176 valence electrons. The Morgan fingerprint density at radius 3 is 2.24 bits per heavy atom. The van der Waals surface area contributed by atoms with Gasteiger partial charge in [0.1, 0.15) is 0 Å². The van der Waals surface area contributed by atoms with E-state index in [4.69, 9.17) is 17.3 Å². The van der Waals surface area contributed by atoms with E-state index < -0.39 is 18.0 Å². The molecule has 3 aromatic rings. The van der Waals surface area contributed by atoms with E-state index in [-0.39, 0.29) is 23.9 Å². The third-order valence-electron chi connectivity index (χ3n) is 5.44. The van der Waals surface area contributed by atoms with Gasteiger partial charge in [0.05, 0.1) is 27.8 Å². The van der Waals surface area contributed by atoms with Crippen LogP contribution in [0.1, 0.15) is 20.0 Å². The van der Waals surface area contributed by atoms with E-state index in [1.54, 1.807) is 59.6 Å². The van der Waals surface area contributed by atoms with Gasteiger partial charge in [-0.05, 0) is 42.5 Å². The third kappa shape index (κ3) is 5.53. The molecule has 4 N–H and O–H groups in total. The summed E-state index contributed by atoms with van der Waals surface area (Å²) in [7, 11) is 0. The largest absolute Gasteiger partial charge is 0.369 e. The zero-order valence-electron chi connectivity index (χ0n) is 17.9. The monoisotopic (exact) mass is 499 g/mol. The zero-order valence-corrected chi connectivity index (χ0v) is 19.5. The number of hydrogen-bond acceptors (Lipinski definition) is 6. The number of amides is 3. The van der Waals surface area contributed by atoms with Gasteiger partial charge in [0.25, 0.3) is 17.4 Å². The Bertz CT molecular complexity index is 1270. The fourth-order valence-electron chi connectivity index (χ4n) is 3.87. The maximum atomic E-state index is 12.9. The highest BCUT2D eigenvalue weighted by Crippen LogP contribution is 2.22. The van der Waals surface area contributed by atoms with Gasteiger partial charge in [-0.2, -0.15) is 0 Å². The lowest BCUT2D eigenvalue weighted by Crippen LogP contribution is -2.50. The average molecular weight is 500 g/mol. The topological polar surface area (TPSA) is 127 Å². The molecule has 0 bridgehead atoms. The Morgan fingerprint density at radius 2 is 1.65 bits per heavy atom. The SMILES string of the molecule is NC(=O)CN1C[C@@H](NC(=O)c2ccc(-n3ccccc3=O)cc2)[C@H](NC(=O)c2ccc(Cl)s2)C1. The van der Waals surface area contributed by atoms with Crippen molar-refractivity contribution in [1.29, 1.82) is 0 Å². The number of halogens is 1. The smallest absolute Gasteiger partial charge is 0.261 e. The van der Waals surface area contributed by atoms with Crippen molar-refractivity contribution in [2.45, 2.75) is 12.1 Å². The summed E-state index contributed by atoms with van der Waals surface area (Å²) in [5, 5.41) is 5.86. The average Bonchev–Trinajstić information content (AvgIpc) is 3.39. The number of nitrogens with one attached hydrogen (secondary N) is 2. The molecule has 1 saturated heterocycles. The Labute approximate surface area is 204 Å². The number of rotatable bonds is 7. The molecule has 11 heteroatoms. The van der Waals surface area contributed by atoms with E-state index in [1.807, 2.05) is 0 Å². The first-order chi connectivity index (χ1) is 16.3. The molecule has 0 unspecified atom stereocenters. The minimum Gasteiger partial charge on any atom is -0.369 e. The molecule has 1 aliphatic rings. The van der Waals surface area contributed by atoms with Gasteiger partial charge in [-0.3, -0.25) is 28.6 Å². The van der Waals surface area contributed by atoms with Crippen LogP contribution in [0.4, 0.5) is 0 Å². The molecule has 0 spiro atoms. The molecule has 0 radical (unpaired) electrons. The van der Waals surface area contributed by atoms with Gasteiger partial charge < -0.3 is 16.4 Å². The van der Waals surface area contributed by atoms with Gasteiger partial charge in [-0.1, -0.05) is 17.7 Å². The number of nitrogens with zero attached hydrogens (tertiary/aromatic N) is 2. The standard InChI is InChI=1S/C23H22ClN5O4S/c24-19-9-8-18(34-19)23(33)27-17-12-28(13-20(25)30)11-16(17)26-22(32)14-4-6-15(7-5-14)29-10-2-1-3-21(29)31/h1-10,16-17H,11-13H2,(H2,25,30)(H,26,32)(H,27,33)/t16-,17-/m1/s1. The van der Waals surface area contributed by atoms with E-state index in [9.17, 15) is 19.2 Å². The van der Waals surface area contributed by atoms with Crippen molar-refractivity contribution in [3.63, 3.8) is 0 Å². The van der Waals surface area contributed by atoms with E-state index in [0.717, 1.165) is 11.3 Å². The lowest BCUT2D eigenvalue weighted by atomic mass is 10.1. The normalized spacial score (nSPS) is 17.9. The number of pyridine rings is 1. The Balaban J connectivity index is 1.47. The van der Waals surface area contributed by atoms with Crippen LogP contribution in [0.15, 0.2) is 65.6 Å². The van der Waals surface area contributed by atoms with Crippen molar-refractivity contribution >= 4 is 40.7 Å². The summed E-state index contributed by atoms with van der Waals surface area (Å²) in [4.78, 5) is 51.2. The quantitative estimate of drug-likeness (QED) is 0.451. The van der Waals surface area contributed by atoms with Crippen molar-refractivity contribution < 1.29 is 14.4 Å². The maximum absolute atomic E-state index is 12.9. The second-order valence-corrected chi connectivity index (χ2v) is 9.59. The van der Waals surface area contributed by atoms with Crippen LogP contribution in [0.2, 0.25) is 4.34 Å². The van der Waals surface area contributed by atoms with Gasteiger partial charge in [-0.25, -0.2) is 0 Å². The summed E-state index contributed by atoms with van der Waals surface area (Å²) in [6.07, 6.45) is 1.65. The van der Waals surface area contributed by atoms with E-state index >= 15 is 0 Å². The maximum Gasteiger partial charge on any atom is 0.261 e. The molecule has 34 heavy (non-hydrogen) atoms. The van der Waals surface area contributed by atoms with Gasteiger partial charge >= 0.3 is 0 Å². The zero-order chi connectivity index (χ0) is 24.2. The van der Waals surface area contributed by atoms with Crippen molar-refractivity contribution in [2.75, 3.05) is 19.6 Å². The van der Waals surface area contributed by atoms with Crippen LogP contribution in [-0.2, 0) is 4.79 Å². The van der Waals surface area contributed by atoms with Crippen LogP contribution in [0.3, 0.4) is 0 Å². The number of primary amides is 1. The van der Waals surface area contributed by atoms with E-state index in [2.05, 4.69) is 10.6 Å². The highest BCUT2D eigenvalue weighted by molar-refractivity contribution is 7.18. The summed E-state index contributed by atoms with van der Waals surface area (Å²) >= 11 is 7.09. The first kappa shape index (κ1) is 23.7. The van der Waals surface area contributed by atoms with Crippen LogP contribution in [0.5, 0.6) is 0 Å². The van der Waals surface area contributed by atoms with Gasteiger partial charge in [0.15, 0.2) is 0 Å². The van der Waals surface area contributed by atoms with Crippen LogP contribution >= 0.6 is 22.9 Å². The molecule has 4 rings (SSSR count). The summed E-state index contributed by atoms with van der Waals surface area (Å²) in [6, 6.07) is 13.9. The van der Waals surface area contributed by atoms with Crippen molar-refractivity contribution in [2.24, 2.45) is 5.73 Å². The third-order valence-corrected chi connectivity index (χ3v) is 6.66. The lowest BCUT2D eigenvalue weighted by molar-refractivity contribution is -0.118. The van der Waals surface area contributed by atoms with Gasteiger partial charge in [0, 0.05) is 36.6 Å². The molecule has 0 saturated carbocycles. The van der Waals surface area contributed by atoms with Crippen LogP contribution in [-0.4, -0.2) is 58.9 Å². The molecule has 1 aliphatic heterocycles. The number of likely N-dealkylation sites (tertiary alicyclic amines) is 1. The fraction of sp³-hybridized carbons (Fsp3) is 0.217. The van der Waals surface area contributed by atoms with Crippen molar-refractivity contribution in [1.82, 2.24) is 20.1 Å². The molecule has 1 aromatic carbocycles. The molecule has 3 heterocycles. The highest BCUT2D eigenvalue weighted by Gasteiger charge is 2.35. The summed E-state index contributed by atoms with van der Waals surface area (Å²) in [5.41, 5.74) is 6.19. The van der Waals surface area contributed by atoms with Crippen LogP contribution in [0.25, 0.3) is 5.69 Å². The summed E-state index contributed by atoms with van der Waals surface area (Å²) < 4.78 is 1.97. The highest BCUT2D eigenvalue weighted by atomic mass is 35.5. The number of thiophene rings is 1. The number of hydrogen-bond donors (Lipinski definition) is 3. The minimum atomic E-state index is -0.492. The number of aromatic nitrogens is 1. The van der Waals surface area contributed by atoms with Crippen LogP contribution < -0.4 is 21.9 Å². The Hall–Kier alpha value is -3.47. The van der Waals surface area contributed by atoms with Crippen LogP contribution in [0, 0.1) is 0 Å². The number of nitrogens with two attached hydrogens (primary N) is 1. The molecular weight excluding hydrogens is 478 g/mol. The molecule has 3 amide bonds. The second kappa shape index (κ2) is 10.2. The van der Waals surface area contributed by atoms with E-state index in [1.165, 1.54) is 10.6 Å². The number of carbonyl (C=O) groups is 3. The molecule has 0 aliphatic carbocycles. The number of benzene rings is 1. The molecule has 1 fully saturated rings. The summed E-state index contributed by atoms with van der Waals surface area (Å²) in [6.45, 7) is 0.723. The number of carbonyl (C=O) groups excluding carboxylic acids is 3. The van der Waals surface area contributed by atoms with E-state index in [0.29, 0.717) is 33.6 Å². The molecule has 2 atom stereocenters. The second-order valence-electron chi connectivity index (χ2n) is 7.88. The molecule has 2 aromatic heterocycles. The Kier molecular flexibility index (Phi) is 7.11. The fourth-order valence-corrected chi connectivity index (χ4v) is 4.82. The predicted molar refractivity (Wildman–Crippen MR) is 130 cm³/mol. The van der Waals surface area contributed by atoms with Gasteiger partial charge in [-0.15, -0.1) is 11.3 Å². The first-order valence-corrected chi connectivity index (χ1v) is 11.7. The summed E-state index contributed by atoms with van der Waals surface area (Å²) in [5.74, 6) is -1.13. The molecular formula is C23H22ClN5O4S.